The van der Waals surface area contributed by atoms with Crippen LogP contribution in [0.1, 0.15) is 43.1 Å². The third-order valence-corrected chi connectivity index (χ3v) is 3.46. The van der Waals surface area contributed by atoms with Crippen LogP contribution in [-0.4, -0.2) is 14.6 Å². The first-order chi connectivity index (χ1) is 7.90. The van der Waals surface area contributed by atoms with Crippen LogP contribution in [0.2, 0.25) is 0 Å². The molecule has 0 amide bonds. The van der Waals surface area contributed by atoms with Crippen LogP contribution in [0.25, 0.3) is 5.65 Å². The molecule has 0 bridgehead atoms. The summed E-state index contributed by atoms with van der Waals surface area (Å²) in [6, 6.07) is 6.03. The third kappa shape index (κ3) is 1.41. The maximum absolute atomic E-state index is 5.77. The zero-order chi connectivity index (χ0) is 11.0. The van der Waals surface area contributed by atoms with Crippen LogP contribution in [0.5, 0.6) is 0 Å². The molecule has 1 aliphatic rings. The highest BCUT2D eigenvalue weighted by atomic mass is 15.3. The van der Waals surface area contributed by atoms with Crippen LogP contribution in [0, 0.1) is 0 Å². The Kier molecular flexibility index (Phi) is 2.36. The van der Waals surface area contributed by atoms with Gasteiger partial charge in [-0.05, 0) is 25.0 Å². The fourth-order valence-corrected chi connectivity index (χ4v) is 2.64. The van der Waals surface area contributed by atoms with Gasteiger partial charge >= 0.3 is 0 Å². The van der Waals surface area contributed by atoms with Gasteiger partial charge < -0.3 is 5.73 Å². The lowest BCUT2D eigenvalue weighted by Gasteiger charge is -2.09. The molecule has 3 rings (SSSR count). The van der Waals surface area contributed by atoms with E-state index in [1.807, 2.05) is 12.1 Å². The van der Waals surface area contributed by atoms with Crippen molar-refractivity contribution < 1.29 is 0 Å². The Balaban J connectivity index is 2.16. The van der Waals surface area contributed by atoms with Crippen molar-refractivity contribution in [3.63, 3.8) is 0 Å². The van der Waals surface area contributed by atoms with Crippen LogP contribution < -0.4 is 5.73 Å². The Bertz CT molecular complexity index is 497. The molecular weight excluding hydrogens is 200 g/mol. The summed E-state index contributed by atoms with van der Waals surface area (Å²) < 4.78 is 2.13. The van der Waals surface area contributed by atoms with E-state index in [-0.39, 0.29) is 0 Å². The van der Waals surface area contributed by atoms with Gasteiger partial charge in [-0.1, -0.05) is 18.9 Å². The maximum Gasteiger partial charge on any atom is 0.161 e. The Labute approximate surface area is 94.5 Å². The van der Waals surface area contributed by atoms with Crippen LogP contribution in [0.4, 0.5) is 0 Å². The quantitative estimate of drug-likeness (QED) is 0.833. The summed E-state index contributed by atoms with van der Waals surface area (Å²) in [7, 11) is 0. The summed E-state index contributed by atoms with van der Waals surface area (Å²) in [5, 5.41) is 8.57. The minimum atomic E-state index is 0.537. The van der Waals surface area contributed by atoms with E-state index < -0.39 is 0 Å². The van der Waals surface area contributed by atoms with Crippen LogP contribution in [-0.2, 0) is 6.54 Å². The van der Waals surface area contributed by atoms with E-state index in [0.29, 0.717) is 12.5 Å². The van der Waals surface area contributed by atoms with Crippen molar-refractivity contribution in [1.82, 2.24) is 14.6 Å². The highest BCUT2D eigenvalue weighted by molar-refractivity contribution is 5.40. The molecule has 0 unspecified atom stereocenters. The van der Waals surface area contributed by atoms with Crippen molar-refractivity contribution in [3.05, 3.63) is 29.7 Å². The Hall–Kier alpha value is -1.42. The van der Waals surface area contributed by atoms with E-state index in [0.717, 1.165) is 17.2 Å². The molecule has 2 aromatic rings. The number of nitrogens with zero attached hydrogens (tertiary/aromatic N) is 3. The predicted molar refractivity (Wildman–Crippen MR) is 62.1 cm³/mol. The minimum Gasteiger partial charge on any atom is -0.325 e. The summed E-state index contributed by atoms with van der Waals surface area (Å²) in [5.74, 6) is 1.68. The van der Waals surface area contributed by atoms with Gasteiger partial charge in [0.15, 0.2) is 5.65 Å². The number of hydrogen-bond acceptors (Lipinski definition) is 3. The normalized spacial score (nSPS) is 17.3. The molecule has 0 radical (unpaired) electrons. The van der Waals surface area contributed by atoms with Gasteiger partial charge in [-0.25, -0.2) is 0 Å². The van der Waals surface area contributed by atoms with Gasteiger partial charge in [0, 0.05) is 18.2 Å². The van der Waals surface area contributed by atoms with E-state index in [2.05, 4.69) is 20.7 Å². The Morgan fingerprint density at radius 1 is 1.25 bits per heavy atom. The zero-order valence-corrected chi connectivity index (χ0v) is 9.26. The summed E-state index contributed by atoms with van der Waals surface area (Å²) in [5.41, 5.74) is 7.79. The molecule has 0 aliphatic heterocycles. The van der Waals surface area contributed by atoms with Crippen molar-refractivity contribution >= 4 is 5.65 Å². The molecule has 1 aliphatic carbocycles. The lowest BCUT2D eigenvalue weighted by molar-refractivity contribution is 0.651. The number of aromatic nitrogens is 3. The predicted octanol–water partition coefficient (Wildman–Crippen LogP) is 1.85. The monoisotopic (exact) mass is 216 g/mol. The van der Waals surface area contributed by atoms with Gasteiger partial charge in [0.1, 0.15) is 5.82 Å². The Morgan fingerprint density at radius 3 is 2.81 bits per heavy atom. The SMILES string of the molecule is NCc1cccc2nnc(C3CCCC3)n12. The lowest BCUT2D eigenvalue weighted by atomic mass is 10.1. The molecule has 4 nitrogen and oxygen atoms in total. The van der Waals surface area contributed by atoms with E-state index in [1.165, 1.54) is 25.7 Å². The average Bonchev–Trinajstić information content (AvgIpc) is 2.96. The van der Waals surface area contributed by atoms with E-state index >= 15 is 0 Å². The van der Waals surface area contributed by atoms with Crippen LogP contribution >= 0.6 is 0 Å². The third-order valence-electron chi connectivity index (χ3n) is 3.46. The summed E-state index contributed by atoms with van der Waals surface area (Å²) >= 11 is 0. The molecule has 1 fully saturated rings. The molecule has 1 saturated carbocycles. The van der Waals surface area contributed by atoms with Crippen molar-refractivity contribution in [3.8, 4) is 0 Å². The molecule has 4 heteroatoms. The zero-order valence-electron chi connectivity index (χ0n) is 9.26. The molecule has 2 heterocycles. The summed E-state index contributed by atoms with van der Waals surface area (Å²) in [6.07, 6.45) is 5.09. The largest absolute Gasteiger partial charge is 0.325 e. The van der Waals surface area contributed by atoms with Crippen LogP contribution in [0.3, 0.4) is 0 Å². The molecule has 16 heavy (non-hydrogen) atoms. The topological polar surface area (TPSA) is 56.2 Å². The highest BCUT2D eigenvalue weighted by Crippen LogP contribution is 2.33. The number of rotatable bonds is 2. The van der Waals surface area contributed by atoms with E-state index in [1.54, 1.807) is 0 Å². The number of fused-ring (bicyclic) bond motifs is 1. The van der Waals surface area contributed by atoms with E-state index in [9.17, 15) is 0 Å². The number of hydrogen-bond donors (Lipinski definition) is 1. The molecular formula is C12H16N4. The van der Waals surface area contributed by atoms with Gasteiger partial charge in [0.2, 0.25) is 0 Å². The lowest BCUT2D eigenvalue weighted by Crippen LogP contribution is -2.08. The molecule has 84 valence electrons. The van der Waals surface area contributed by atoms with Crippen molar-refractivity contribution in [2.75, 3.05) is 0 Å². The second-order valence-electron chi connectivity index (χ2n) is 4.45. The molecule has 0 atom stereocenters. The standard InChI is InChI=1S/C12H16N4/c13-8-10-6-3-7-11-14-15-12(16(10)11)9-4-1-2-5-9/h3,6-7,9H,1-2,4-5,8,13H2. The Morgan fingerprint density at radius 2 is 2.06 bits per heavy atom. The van der Waals surface area contributed by atoms with Gasteiger partial charge in [-0.2, -0.15) is 0 Å². The number of pyridine rings is 1. The average molecular weight is 216 g/mol. The minimum absolute atomic E-state index is 0.537. The van der Waals surface area contributed by atoms with Crippen molar-refractivity contribution in [1.29, 1.82) is 0 Å². The summed E-state index contributed by atoms with van der Waals surface area (Å²) in [6.45, 7) is 0.537. The highest BCUT2D eigenvalue weighted by Gasteiger charge is 2.22. The smallest absolute Gasteiger partial charge is 0.161 e. The first-order valence-electron chi connectivity index (χ1n) is 5.93. The first kappa shape index (κ1) is 9.78. The van der Waals surface area contributed by atoms with Crippen molar-refractivity contribution in [2.45, 2.75) is 38.1 Å². The fourth-order valence-electron chi connectivity index (χ4n) is 2.64. The van der Waals surface area contributed by atoms with E-state index in [4.69, 9.17) is 5.73 Å². The summed E-state index contributed by atoms with van der Waals surface area (Å²) in [4.78, 5) is 0. The first-order valence-corrected chi connectivity index (χ1v) is 5.93. The molecule has 2 N–H and O–H groups in total. The van der Waals surface area contributed by atoms with Gasteiger partial charge in [0.05, 0.1) is 0 Å². The second kappa shape index (κ2) is 3.87. The van der Waals surface area contributed by atoms with Gasteiger partial charge in [0.25, 0.3) is 0 Å². The maximum atomic E-state index is 5.77. The van der Waals surface area contributed by atoms with Gasteiger partial charge in [-0.3, -0.25) is 4.40 Å². The fraction of sp³-hybridized carbons (Fsp3) is 0.500. The molecule has 2 aromatic heterocycles. The molecule has 0 aromatic carbocycles. The second-order valence-corrected chi connectivity index (χ2v) is 4.45. The molecule has 0 saturated heterocycles. The molecule has 0 spiro atoms. The number of nitrogens with two attached hydrogens (primary N) is 1. The van der Waals surface area contributed by atoms with Crippen LogP contribution in [0.15, 0.2) is 18.2 Å². The van der Waals surface area contributed by atoms with Gasteiger partial charge in [-0.15, -0.1) is 10.2 Å². The van der Waals surface area contributed by atoms with Crippen molar-refractivity contribution in [2.24, 2.45) is 5.73 Å².